The standard InChI is InChI=1S/C17H23ClN2O4/c1-19-16(22)17(11-23-2)8-5-9-20(17)14(21)10-12-6-4-7-13(24-3)15(12)18/h4,6-7H,5,8-11H2,1-3H3,(H,19,22). The summed E-state index contributed by atoms with van der Waals surface area (Å²) in [5.41, 5.74) is -0.275. The molecule has 1 aliphatic heterocycles. The molecule has 132 valence electrons. The zero-order chi connectivity index (χ0) is 17.7. The van der Waals surface area contributed by atoms with Crippen LogP contribution in [0.5, 0.6) is 5.75 Å². The molecule has 0 aliphatic carbocycles. The smallest absolute Gasteiger partial charge is 0.248 e. The Morgan fingerprint density at radius 3 is 2.75 bits per heavy atom. The Morgan fingerprint density at radius 1 is 1.38 bits per heavy atom. The molecule has 0 radical (unpaired) electrons. The van der Waals surface area contributed by atoms with E-state index in [-0.39, 0.29) is 24.8 Å². The van der Waals surface area contributed by atoms with E-state index in [1.165, 1.54) is 14.2 Å². The number of hydrogen-bond donors (Lipinski definition) is 1. The molecule has 1 atom stereocenters. The molecular formula is C17H23ClN2O4. The first-order chi connectivity index (χ1) is 11.5. The van der Waals surface area contributed by atoms with Gasteiger partial charge < -0.3 is 19.7 Å². The maximum Gasteiger partial charge on any atom is 0.248 e. The summed E-state index contributed by atoms with van der Waals surface area (Å²) in [4.78, 5) is 26.9. The zero-order valence-electron chi connectivity index (χ0n) is 14.2. The number of halogens is 1. The van der Waals surface area contributed by atoms with Gasteiger partial charge in [-0.1, -0.05) is 23.7 Å². The molecule has 1 N–H and O–H groups in total. The van der Waals surface area contributed by atoms with Crippen LogP contribution in [0.3, 0.4) is 0 Å². The number of ether oxygens (including phenoxy) is 2. The van der Waals surface area contributed by atoms with E-state index in [4.69, 9.17) is 21.1 Å². The Kier molecular flexibility index (Phi) is 6.07. The van der Waals surface area contributed by atoms with E-state index in [1.54, 1.807) is 30.1 Å². The normalized spacial score (nSPS) is 20.1. The average molecular weight is 355 g/mol. The lowest BCUT2D eigenvalue weighted by atomic mass is 9.95. The molecule has 0 spiro atoms. The summed E-state index contributed by atoms with van der Waals surface area (Å²) < 4.78 is 10.4. The third-order valence-electron chi connectivity index (χ3n) is 4.43. The van der Waals surface area contributed by atoms with Gasteiger partial charge in [0.05, 0.1) is 25.2 Å². The Morgan fingerprint density at radius 2 is 2.12 bits per heavy atom. The van der Waals surface area contributed by atoms with Gasteiger partial charge in [0.2, 0.25) is 11.8 Å². The van der Waals surface area contributed by atoms with Crippen molar-refractivity contribution in [3.63, 3.8) is 0 Å². The number of benzene rings is 1. The van der Waals surface area contributed by atoms with Crippen molar-refractivity contribution in [3.05, 3.63) is 28.8 Å². The number of methoxy groups -OCH3 is 2. The lowest BCUT2D eigenvalue weighted by Crippen LogP contribution is -2.59. The molecule has 0 aromatic heterocycles. The first-order valence-corrected chi connectivity index (χ1v) is 8.21. The van der Waals surface area contributed by atoms with E-state index in [0.717, 1.165) is 6.42 Å². The number of hydrogen-bond acceptors (Lipinski definition) is 4. The average Bonchev–Trinajstić information content (AvgIpc) is 3.01. The van der Waals surface area contributed by atoms with Crippen LogP contribution in [-0.2, 0) is 20.7 Å². The second-order valence-electron chi connectivity index (χ2n) is 5.80. The largest absolute Gasteiger partial charge is 0.495 e. The van der Waals surface area contributed by atoms with Gasteiger partial charge in [-0.3, -0.25) is 9.59 Å². The monoisotopic (exact) mass is 354 g/mol. The third-order valence-corrected chi connectivity index (χ3v) is 4.86. The highest BCUT2D eigenvalue weighted by Crippen LogP contribution is 2.33. The van der Waals surface area contributed by atoms with Gasteiger partial charge in [-0.05, 0) is 24.5 Å². The second kappa shape index (κ2) is 7.85. The molecule has 1 fully saturated rings. The van der Waals surface area contributed by atoms with Gasteiger partial charge in [-0.15, -0.1) is 0 Å². The molecule has 1 aromatic carbocycles. The molecule has 2 amide bonds. The number of carbonyl (C=O) groups excluding carboxylic acids is 2. The van der Waals surface area contributed by atoms with E-state index in [2.05, 4.69) is 5.32 Å². The van der Waals surface area contributed by atoms with E-state index in [1.807, 2.05) is 0 Å². The van der Waals surface area contributed by atoms with Crippen LogP contribution in [-0.4, -0.2) is 56.7 Å². The van der Waals surface area contributed by atoms with E-state index in [9.17, 15) is 9.59 Å². The predicted octanol–water partition coefficient (Wildman–Crippen LogP) is 1.64. The highest BCUT2D eigenvalue weighted by molar-refractivity contribution is 6.33. The van der Waals surface area contributed by atoms with Crippen molar-refractivity contribution in [2.24, 2.45) is 0 Å². The number of nitrogens with zero attached hydrogens (tertiary/aromatic N) is 1. The first kappa shape index (κ1) is 18.5. The number of rotatable bonds is 6. The van der Waals surface area contributed by atoms with Gasteiger partial charge in [0, 0.05) is 20.7 Å². The number of likely N-dealkylation sites (N-methyl/N-ethyl adjacent to an activating group) is 1. The van der Waals surface area contributed by atoms with Crippen LogP contribution in [0, 0.1) is 0 Å². The van der Waals surface area contributed by atoms with Gasteiger partial charge in [0.15, 0.2) is 0 Å². The van der Waals surface area contributed by atoms with Crippen LogP contribution < -0.4 is 10.1 Å². The van der Waals surface area contributed by atoms with Crippen molar-refractivity contribution in [2.75, 3.05) is 34.4 Å². The van der Waals surface area contributed by atoms with E-state index in [0.29, 0.717) is 29.3 Å². The minimum absolute atomic E-state index is 0.110. The minimum atomic E-state index is -0.952. The molecule has 1 aliphatic rings. The Labute approximate surface area is 147 Å². The lowest BCUT2D eigenvalue weighted by Gasteiger charge is -2.36. The minimum Gasteiger partial charge on any atom is -0.495 e. The molecule has 24 heavy (non-hydrogen) atoms. The highest BCUT2D eigenvalue weighted by atomic mass is 35.5. The van der Waals surface area contributed by atoms with Crippen LogP contribution in [0.4, 0.5) is 0 Å². The summed E-state index contributed by atoms with van der Waals surface area (Å²) in [5.74, 6) is 0.174. The quantitative estimate of drug-likeness (QED) is 0.843. The van der Waals surface area contributed by atoms with Crippen molar-refractivity contribution >= 4 is 23.4 Å². The topological polar surface area (TPSA) is 67.9 Å². The third kappa shape index (κ3) is 3.35. The Bertz CT molecular complexity index is 623. The molecule has 2 rings (SSSR count). The summed E-state index contributed by atoms with van der Waals surface area (Å²) in [5, 5.41) is 3.07. The van der Waals surface area contributed by atoms with Gasteiger partial charge in [-0.25, -0.2) is 0 Å². The molecule has 1 aromatic rings. The van der Waals surface area contributed by atoms with Crippen molar-refractivity contribution in [3.8, 4) is 5.75 Å². The van der Waals surface area contributed by atoms with E-state index < -0.39 is 5.54 Å². The van der Waals surface area contributed by atoms with Gasteiger partial charge >= 0.3 is 0 Å². The number of carbonyl (C=O) groups is 2. The van der Waals surface area contributed by atoms with Crippen molar-refractivity contribution in [2.45, 2.75) is 24.8 Å². The highest BCUT2D eigenvalue weighted by Gasteiger charge is 2.49. The molecule has 0 saturated carbocycles. The number of amides is 2. The fourth-order valence-corrected chi connectivity index (χ4v) is 3.54. The van der Waals surface area contributed by atoms with Crippen LogP contribution in [0.1, 0.15) is 18.4 Å². The number of likely N-dealkylation sites (tertiary alicyclic amines) is 1. The molecule has 7 heteroatoms. The molecule has 6 nitrogen and oxygen atoms in total. The first-order valence-electron chi connectivity index (χ1n) is 7.83. The Hall–Kier alpha value is -1.79. The van der Waals surface area contributed by atoms with Gasteiger partial charge in [0.25, 0.3) is 0 Å². The lowest BCUT2D eigenvalue weighted by molar-refractivity contribution is -0.147. The molecule has 1 heterocycles. The van der Waals surface area contributed by atoms with Crippen molar-refractivity contribution in [1.82, 2.24) is 10.2 Å². The van der Waals surface area contributed by atoms with E-state index >= 15 is 0 Å². The summed E-state index contributed by atoms with van der Waals surface area (Å²) in [6, 6.07) is 5.32. The fraction of sp³-hybridized carbons (Fsp3) is 0.529. The molecular weight excluding hydrogens is 332 g/mol. The Balaban J connectivity index is 2.26. The predicted molar refractivity (Wildman–Crippen MR) is 91.3 cm³/mol. The maximum atomic E-state index is 12.9. The molecule has 1 unspecified atom stereocenters. The summed E-state index contributed by atoms with van der Waals surface area (Å²) in [7, 11) is 4.63. The molecule has 1 saturated heterocycles. The van der Waals surface area contributed by atoms with Gasteiger partial charge in [0.1, 0.15) is 11.3 Å². The maximum absolute atomic E-state index is 12.9. The van der Waals surface area contributed by atoms with Crippen LogP contribution in [0.25, 0.3) is 0 Å². The van der Waals surface area contributed by atoms with Crippen LogP contribution in [0.15, 0.2) is 18.2 Å². The zero-order valence-corrected chi connectivity index (χ0v) is 15.0. The fourth-order valence-electron chi connectivity index (χ4n) is 3.27. The summed E-state index contributed by atoms with van der Waals surface area (Å²) in [6.07, 6.45) is 1.45. The van der Waals surface area contributed by atoms with Crippen LogP contribution >= 0.6 is 11.6 Å². The van der Waals surface area contributed by atoms with Crippen LogP contribution in [0.2, 0.25) is 5.02 Å². The SMILES string of the molecule is CNC(=O)C1(COC)CCCN1C(=O)Cc1cccc(OC)c1Cl. The molecule has 0 bridgehead atoms. The van der Waals surface area contributed by atoms with Gasteiger partial charge in [-0.2, -0.15) is 0 Å². The van der Waals surface area contributed by atoms with Crippen molar-refractivity contribution < 1.29 is 19.1 Å². The summed E-state index contributed by atoms with van der Waals surface area (Å²) in [6.45, 7) is 0.696. The summed E-state index contributed by atoms with van der Waals surface area (Å²) >= 11 is 6.28. The van der Waals surface area contributed by atoms with Crippen molar-refractivity contribution in [1.29, 1.82) is 0 Å². The number of nitrogens with one attached hydrogen (secondary N) is 1. The second-order valence-corrected chi connectivity index (χ2v) is 6.18.